The maximum atomic E-state index is 17.0. The molecule has 44 heavy (non-hydrogen) atoms. The second-order valence-electron chi connectivity index (χ2n) is 12.8. The summed E-state index contributed by atoms with van der Waals surface area (Å²) in [5, 5.41) is 11.1. The van der Waals surface area contributed by atoms with Crippen molar-refractivity contribution < 1.29 is 23.7 Å². The number of halogens is 1. The van der Waals surface area contributed by atoms with Gasteiger partial charge in [-0.1, -0.05) is 18.6 Å². The molecule has 3 aliphatic heterocycles. The number of aryl methyl sites for hydroxylation is 1. The third kappa shape index (κ3) is 5.05. The van der Waals surface area contributed by atoms with E-state index in [9.17, 15) is 5.11 Å². The van der Waals surface area contributed by atoms with Crippen LogP contribution in [0.1, 0.15) is 69.4 Å². The second-order valence-corrected chi connectivity index (χ2v) is 12.8. The molecular weight excluding hydrogens is 561 g/mol. The molecule has 7 rings (SSSR count). The van der Waals surface area contributed by atoms with Crippen LogP contribution in [0.2, 0.25) is 0 Å². The fourth-order valence-electron chi connectivity index (χ4n) is 7.88. The fraction of sp³-hybridized carbons (Fsp3) is 0.559. The van der Waals surface area contributed by atoms with E-state index >= 15 is 4.39 Å². The quantitative estimate of drug-likeness (QED) is 0.352. The molecule has 5 heterocycles. The van der Waals surface area contributed by atoms with E-state index in [0.717, 1.165) is 69.2 Å². The van der Waals surface area contributed by atoms with Crippen LogP contribution in [0, 0.1) is 5.82 Å². The molecule has 2 aromatic heterocycles. The number of hydrogen-bond acceptors (Lipinski definition) is 9. The van der Waals surface area contributed by atoms with Gasteiger partial charge >= 0.3 is 6.01 Å². The lowest BCUT2D eigenvalue weighted by Crippen LogP contribution is -2.43. The van der Waals surface area contributed by atoms with E-state index in [2.05, 4.69) is 29.7 Å². The normalized spacial score (nSPS) is 24.9. The zero-order chi connectivity index (χ0) is 30.4. The van der Waals surface area contributed by atoms with Gasteiger partial charge in [-0.25, -0.2) is 9.37 Å². The van der Waals surface area contributed by atoms with Gasteiger partial charge in [-0.3, -0.25) is 4.90 Å². The lowest BCUT2D eigenvalue weighted by molar-refractivity contribution is 0.108. The Kier molecular flexibility index (Phi) is 7.82. The topological polar surface area (TPSA) is 93.1 Å². The molecule has 234 valence electrons. The van der Waals surface area contributed by atoms with E-state index in [0.29, 0.717) is 49.7 Å². The minimum Gasteiger partial charge on any atom is -0.508 e. The SMILES string of the molecule is C/C=C1/CN2CCCC2(COc2nc(N3CCCOCC3)c3c(OC)nc(-c4cc(O)cc5c4C(C)CCC5)c(F)c3n2)C1. The summed E-state index contributed by atoms with van der Waals surface area (Å²) in [5.74, 6) is 0.526. The third-order valence-corrected chi connectivity index (χ3v) is 10.1. The zero-order valence-corrected chi connectivity index (χ0v) is 26.0. The van der Waals surface area contributed by atoms with Gasteiger partial charge in [0, 0.05) is 31.8 Å². The number of benzene rings is 1. The van der Waals surface area contributed by atoms with Crippen molar-refractivity contribution in [3.63, 3.8) is 0 Å². The van der Waals surface area contributed by atoms with E-state index in [1.165, 1.54) is 12.7 Å². The summed E-state index contributed by atoms with van der Waals surface area (Å²) in [6.45, 7) is 9.18. The summed E-state index contributed by atoms with van der Waals surface area (Å²) in [6.07, 6.45) is 9.02. The molecule has 3 fully saturated rings. The van der Waals surface area contributed by atoms with E-state index in [1.54, 1.807) is 12.1 Å². The van der Waals surface area contributed by atoms with Crippen LogP contribution < -0.4 is 14.4 Å². The average molecular weight is 604 g/mol. The van der Waals surface area contributed by atoms with Gasteiger partial charge in [0.25, 0.3) is 0 Å². The van der Waals surface area contributed by atoms with E-state index in [-0.39, 0.29) is 40.3 Å². The minimum atomic E-state index is -0.566. The van der Waals surface area contributed by atoms with Gasteiger partial charge in [0.05, 0.1) is 19.3 Å². The second kappa shape index (κ2) is 11.8. The van der Waals surface area contributed by atoms with Crippen LogP contribution in [0.4, 0.5) is 10.2 Å². The number of methoxy groups -OCH3 is 1. The molecule has 2 unspecified atom stereocenters. The van der Waals surface area contributed by atoms with Crippen molar-refractivity contribution in [1.82, 2.24) is 19.9 Å². The average Bonchev–Trinajstić information content (AvgIpc) is 3.44. The maximum Gasteiger partial charge on any atom is 0.319 e. The summed E-state index contributed by atoms with van der Waals surface area (Å²) in [7, 11) is 1.54. The zero-order valence-electron chi connectivity index (χ0n) is 26.0. The van der Waals surface area contributed by atoms with Crippen LogP contribution in [0.3, 0.4) is 0 Å². The maximum absolute atomic E-state index is 17.0. The highest BCUT2D eigenvalue weighted by Crippen LogP contribution is 2.45. The smallest absolute Gasteiger partial charge is 0.319 e. The van der Waals surface area contributed by atoms with E-state index in [4.69, 9.17) is 29.2 Å². The van der Waals surface area contributed by atoms with Crippen LogP contribution >= 0.6 is 0 Å². The molecule has 0 bridgehead atoms. The molecule has 1 aliphatic carbocycles. The Hall–Kier alpha value is -3.50. The van der Waals surface area contributed by atoms with Gasteiger partial charge < -0.3 is 24.2 Å². The number of phenols is 1. The molecule has 2 atom stereocenters. The number of fused-ring (bicyclic) bond motifs is 3. The number of aromatic hydroxyl groups is 1. The number of hydrogen-bond donors (Lipinski definition) is 1. The Morgan fingerprint density at radius 2 is 2.02 bits per heavy atom. The first-order valence-corrected chi connectivity index (χ1v) is 16.1. The number of phenolic OH excluding ortho intramolecular Hbond substituents is 1. The molecule has 0 spiro atoms. The highest BCUT2D eigenvalue weighted by atomic mass is 19.1. The molecule has 9 nitrogen and oxygen atoms in total. The van der Waals surface area contributed by atoms with Crippen molar-refractivity contribution in [2.75, 3.05) is 58.0 Å². The lowest BCUT2D eigenvalue weighted by Gasteiger charge is -2.31. The number of ether oxygens (including phenoxy) is 3. The first-order valence-electron chi connectivity index (χ1n) is 16.1. The summed E-state index contributed by atoms with van der Waals surface area (Å²) in [6, 6.07) is 3.57. The number of aromatic nitrogens is 3. The Balaban J connectivity index is 1.38. The Labute approximate surface area is 258 Å². The van der Waals surface area contributed by atoms with Crippen molar-refractivity contribution in [3.8, 4) is 28.9 Å². The first-order chi connectivity index (χ1) is 21.4. The van der Waals surface area contributed by atoms with Gasteiger partial charge in [0.1, 0.15) is 34.8 Å². The van der Waals surface area contributed by atoms with Crippen molar-refractivity contribution in [2.24, 2.45) is 0 Å². The predicted octanol–water partition coefficient (Wildman–Crippen LogP) is 5.78. The molecule has 1 aromatic carbocycles. The van der Waals surface area contributed by atoms with Gasteiger partial charge in [-0.15, -0.1) is 0 Å². The summed E-state index contributed by atoms with van der Waals surface area (Å²) in [4.78, 5) is 19.0. The molecule has 1 N–H and O–H groups in total. The van der Waals surface area contributed by atoms with Crippen LogP contribution in [0.5, 0.6) is 17.6 Å². The highest BCUT2D eigenvalue weighted by Gasteiger charge is 2.47. The summed E-state index contributed by atoms with van der Waals surface area (Å²) < 4.78 is 35.0. The number of nitrogens with zero attached hydrogens (tertiary/aromatic N) is 5. The van der Waals surface area contributed by atoms with Crippen LogP contribution in [-0.4, -0.2) is 83.6 Å². The summed E-state index contributed by atoms with van der Waals surface area (Å²) in [5.41, 5.74) is 4.21. The van der Waals surface area contributed by atoms with Gasteiger partial charge in [0.2, 0.25) is 5.88 Å². The summed E-state index contributed by atoms with van der Waals surface area (Å²) >= 11 is 0. The Bertz CT molecular complexity index is 1600. The molecule has 3 aromatic rings. The molecule has 0 saturated carbocycles. The minimum absolute atomic E-state index is 0.0901. The molecule has 0 radical (unpaired) electrons. The molecular formula is C34H42FN5O4. The monoisotopic (exact) mass is 603 g/mol. The molecule has 3 saturated heterocycles. The Morgan fingerprint density at radius 3 is 2.86 bits per heavy atom. The van der Waals surface area contributed by atoms with Crippen LogP contribution in [-0.2, 0) is 11.2 Å². The fourth-order valence-corrected chi connectivity index (χ4v) is 7.88. The lowest BCUT2D eigenvalue weighted by atomic mass is 9.80. The largest absolute Gasteiger partial charge is 0.508 e. The van der Waals surface area contributed by atoms with Crippen LogP contribution in [0.25, 0.3) is 22.2 Å². The van der Waals surface area contributed by atoms with Gasteiger partial charge in [0.15, 0.2) is 5.82 Å². The predicted molar refractivity (Wildman–Crippen MR) is 167 cm³/mol. The van der Waals surface area contributed by atoms with Crippen molar-refractivity contribution in [3.05, 3.63) is 40.7 Å². The van der Waals surface area contributed by atoms with Gasteiger partial charge in [-0.05, 0) is 87.6 Å². The Morgan fingerprint density at radius 1 is 1.14 bits per heavy atom. The number of anilines is 1. The number of allylic oxidation sites excluding steroid dienone is 1. The van der Waals surface area contributed by atoms with E-state index < -0.39 is 5.82 Å². The third-order valence-electron chi connectivity index (χ3n) is 10.1. The molecule has 4 aliphatic rings. The highest BCUT2D eigenvalue weighted by molar-refractivity contribution is 5.97. The van der Waals surface area contributed by atoms with Gasteiger partial charge in [-0.2, -0.15) is 9.97 Å². The number of pyridine rings is 1. The molecule has 10 heteroatoms. The first kappa shape index (κ1) is 29.2. The van der Waals surface area contributed by atoms with Crippen molar-refractivity contribution in [2.45, 2.75) is 70.3 Å². The van der Waals surface area contributed by atoms with E-state index in [1.807, 2.05) is 0 Å². The standard InChI is InChI=1S/C34H42FN5O4/c1-4-22-18-34(10-6-12-40(34)19-22)20-44-33-37-30-27(31(38-33)39-11-7-14-43-15-13-39)32(42-3)36-29(28(30)35)25-17-24(41)16-23-9-5-8-21(2)26(23)25/h4,16-17,21,41H,5-15,18-20H2,1-3H3/b22-4+. The molecule has 0 amide bonds. The number of rotatable bonds is 6. The van der Waals surface area contributed by atoms with Crippen molar-refractivity contribution >= 4 is 16.7 Å². The van der Waals surface area contributed by atoms with Crippen LogP contribution in [0.15, 0.2) is 23.8 Å². The van der Waals surface area contributed by atoms with Crippen molar-refractivity contribution in [1.29, 1.82) is 0 Å².